The molecule has 1 amide bonds. The Hall–Kier alpha value is -2.40. The highest BCUT2D eigenvalue weighted by Crippen LogP contribution is 2.29. The van der Waals surface area contributed by atoms with Crippen molar-refractivity contribution in [3.05, 3.63) is 92.7 Å². The molecular weight excluding hydrogens is 441 g/mol. The lowest BCUT2D eigenvalue weighted by molar-refractivity contribution is 0.102. The third-order valence-electron chi connectivity index (χ3n) is 5.93. The van der Waals surface area contributed by atoms with E-state index in [0.717, 1.165) is 47.5 Å². The van der Waals surface area contributed by atoms with Crippen molar-refractivity contribution >= 4 is 34.8 Å². The molecule has 0 radical (unpaired) electrons. The molecule has 4 rings (SSSR count). The number of anilines is 1. The maximum Gasteiger partial charge on any atom is 0.255 e. The van der Waals surface area contributed by atoms with Crippen molar-refractivity contribution in [3.8, 4) is 0 Å². The van der Waals surface area contributed by atoms with E-state index in [1.807, 2.05) is 24.3 Å². The maximum absolute atomic E-state index is 13.1. The predicted molar refractivity (Wildman–Crippen MR) is 132 cm³/mol. The standard InChI is InChI=1S/C26H27Cl2N3O/c1-26(2,3)18-7-9-19(10-8-18)30-25(32)21-6-4-5-17-15-31(12-11-20(17)21)16-22-23(27)13-29-14-24(22)28/h4-10,13-14H,11-12,15-16H2,1-3H3,(H,30,32). The molecule has 0 unspecified atom stereocenters. The second-order valence-electron chi connectivity index (χ2n) is 9.27. The van der Waals surface area contributed by atoms with E-state index < -0.39 is 0 Å². The summed E-state index contributed by atoms with van der Waals surface area (Å²) in [6, 6.07) is 14.0. The van der Waals surface area contributed by atoms with Crippen LogP contribution in [0.3, 0.4) is 0 Å². The van der Waals surface area contributed by atoms with Crippen molar-refractivity contribution in [2.75, 3.05) is 11.9 Å². The fourth-order valence-electron chi connectivity index (χ4n) is 4.08. The highest BCUT2D eigenvalue weighted by molar-refractivity contribution is 6.35. The van der Waals surface area contributed by atoms with Gasteiger partial charge in [-0.2, -0.15) is 0 Å². The number of nitrogens with zero attached hydrogens (tertiary/aromatic N) is 2. The quantitative estimate of drug-likeness (QED) is 0.476. The normalized spacial score (nSPS) is 14.2. The van der Waals surface area contributed by atoms with E-state index in [9.17, 15) is 4.79 Å². The van der Waals surface area contributed by atoms with E-state index in [-0.39, 0.29) is 11.3 Å². The zero-order valence-electron chi connectivity index (χ0n) is 18.6. The number of benzene rings is 2. The van der Waals surface area contributed by atoms with Crippen LogP contribution in [0, 0.1) is 0 Å². The molecule has 0 spiro atoms. The molecule has 1 aliphatic heterocycles. The van der Waals surface area contributed by atoms with Crippen LogP contribution < -0.4 is 5.32 Å². The van der Waals surface area contributed by atoms with Crippen molar-refractivity contribution in [1.29, 1.82) is 0 Å². The summed E-state index contributed by atoms with van der Waals surface area (Å²) >= 11 is 12.6. The molecule has 0 saturated carbocycles. The zero-order chi connectivity index (χ0) is 22.9. The molecule has 1 aromatic heterocycles. The van der Waals surface area contributed by atoms with Crippen molar-refractivity contribution in [1.82, 2.24) is 9.88 Å². The van der Waals surface area contributed by atoms with Gasteiger partial charge in [0.2, 0.25) is 0 Å². The maximum atomic E-state index is 13.1. The molecule has 2 aromatic carbocycles. The molecule has 3 aromatic rings. The molecule has 0 atom stereocenters. The highest BCUT2D eigenvalue weighted by atomic mass is 35.5. The Morgan fingerprint density at radius 1 is 1.06 bits per heavy atom. The van der Waals surface area contributed by atoms with Gasteiger partial charge < -0.3 is 5.32 Å². The molecule has 0 aliphatic carbocycles. The molecule has 1 N–H and O–H groups in total. The summed E-state index contributed by atoms with van der Waals surface area (Å²) in [5, 5.41) is 4.21. The monoisotopic (exact) mass is 467 g/mol. The fourth-order valence-corrected chi connectivity index (χ4v) is 4.56. The largest absolute Gasteiger partial charge is 0.322 e. The Balaban J connectivity index is 1.49. The SMILES string of the molecule is CC(C)(C)c1ccc(NC(=O)c2cccc3c2CCN(Cc2c(Cl)cncc2Cl)C3)cc1. The molecular formula is C26H27Cl2N3O. The van der Waals surface area contributed by atoms with Crippen molar-refractivity contribution in [2.24, 2.45) is 0 Å². The third-order valence-corrected chi connectivity index (χ3v) is 6.58. The van der Waals surface area contributed by atoms with Gasteiger partial charge in [-0.05, 0) is 46.7 Å². The first-order valence-corrected chi connectivity index (χ1v) is 11.5. The minimum atomic E-state index is -0.0703. The number of carbonyl (C=O) groups is 1. The van der Waals surface area contributed by atoms with Crippen LogP contribution in [0.4, 0.5) is 5.69 Å². The summed E-state index contributed by atoms with van der Waals surface area (Å²) in [4.78, 5) is 19.4. The van der Waals surface area contributed by atoms with Crippen LogP contribution in [0.15, 0.2) is 54.9 Å². The van der Waals surface area contributed by atoms with Crippen LogP contribution in [0.1, 0.15) is 53.4 Å². The van der Waals surface area contributed by atoms with E-state index >= 15 is 0 Å². The van der Waals surface area contributed by atoms with Gasteiger partial charge in [0.1, 0.15) is 0 Å². The predicted octanol–water partition coefficient (Wildman–Crippen LogP) is 6.50. The zero-order valence-corrected chi connectivity index (χ0v) is 20.1. The van der Waals surface area contributed by atoms with Gasteiger partial charge >= 0.3 is 0 Å². The molecule has 0 saturated heterocycles. The number of hydrogen-bond acceptors (Lipinski definition) is 3. The number of amides is 1. The van der Waals surface area contributed by atoms with Crippen LogP contribution in [-0.2, 0) is 24.9 Å². The molecule has 0 bridgehead atoms. The van der Waals surface area contributed by atoms with E-state index in [2.05, 4.69) is 54.2 Å². The number of rotatable bonds is 4. The van der Waals surface area contributed by atoms with Gasteiger partial charge in [0.15, 0.2) is 0 Å². The smallest absolute Gasteiger partial charge is 0.255 e. The van der Waals surface area contributed by atoms with Crippen LogP contribution in [0.25, 0.3) is 0 Å². The molecule has 4 nitrogen and oxygen atoms in total. The second kappa shape index (κ2) is 9.22. The molecule has 166 valence electrons. The summed E-state index contributed by atoms with van der Waals surface area (Å²) in [6.07, 6.45) is 4.04. The summed E-state index contributed by atoms with van der Waals surface area (Å²) in [5.74, 6) is -0.0703. The number of aromatic nitrogens is 1. The first kappa shape index (κ1) is 22.8. The average Bonchev–Trinajstić information content (AvgIpc) is 2.75. The number of hydrogen-bond donors (Lipinski definition) is 1. The average molecular weight is 468 g/mol. The van der Waals surface area contributed by atoms with Crippen LogP contribution >= 0.6 is 23.2 Å². The highest BCUT2D eigenvalue weighted by Gasteiger charge is 2.23. The lowest BCUT2D eigenvalue weighted by Gasteiger charge is -2.30. The molecule has 6 heteroatoms. The number of nitrogens with one attached hydrogen (secondary N) is 1. The summed E-state index contributed by atoms with van der Waals surface area (Å²) in [5.41, 5.74) is 6.02. The van der Waals surface area contributed by atoms with Crippen LogP contribution in [0.2, 0.25) is 10.0 Å². The van der Waals surface area contributed by atoms with E-state index in [4.69, 9.17) is 23.2 Å². The molecule has 0 fully saturated rings. The second-order valence-corrected chi connectivity index (χ2v) is 10.1. The Bertz CT molecular complexity index is 1120. The Kier molecular flexibility index (Phi) is 6.57. The number of halogens is 2. The minimum Gasteiger partial charge on any atom is -0.322 e. The molecule has 1 aliphatic rings. The van der Waals surface area contributed by atoms with Crippen LogP contribution in [-0.4, -0.2) is 22.3 Å². The van der Waals surface area contributed by atoms with Gasteiger partial charge in [-0.3, -0.25) is 14.7 Å². The van der Waals surface area contributed by atoms with E-state index in [0.29, 0.717) is 16.6 Å². The van der Waals surface area contributed by atoms with Gasteiger partial charge in [-0.1, -0.05) is 68.2 Å². The fraction of sp³-hybridized carbons (Fsp3) is 0.308. The Morgan fingerprint density at radius 2 is 1.75 bits per heavy atom. The van der Waals surface area contributed by atoms with Gasteiger partial charge in [-0.25, -0.2) is 0 Å². The van der Waals surface area contributed by atoms with Crippen molar-refractivity contribution in [2.45, 2.75) is 45.7 Å². The van der Waals surface area contributed by atoms with Crippen LogP contribution in [0.5, 0.6) is 0 Å². The van der Waals surface area contributed by atoms with Crippen molar-refractivity contribution in [3.63, 3.8) is 0 Å². The topological polar surface area (TPSA) is 45.2 Å². The number of pyridine rings is 1. The van der Waals surface area contributed by atoms with E-state index in [1.54, 1.807) is 12.4 Å². The van der Waals surface area contributed by atoms with Gasteiger partial charge in [-0.15, -0.1) is 0 Å². The van der Waals surface area contributed by atoms with E-state index in [1.165, 1.54) is 5.56 Å². The first-order chi connectivity index (χ1) is 15.2. The van der Waals surface area contributed by atoms with Crippen molar-refractivity contribution < 1.29 is 4.79 Å². The minimum absolute atomic E-state index is 0.0703. The summed E-state index contributed by atoms with van der Waals surface area (Å²) in [7, 11) is 0. The number of fused-ring (bicyclic) bond motifs is 1. The Morgan fingerprint density at radius 3 is 2.41 bits per heavy atom. The molecule has 32 heavy (non-hydrogen) atoms. The third kappa shape index (κ3) is 4.98. The Labute approximate surface area is 199 Å². The van der Waals surface area contributed by atoms with Gasteiger partial charge in [0, 0.05) is 48.8 Å². The van der Waals surface area contributed by atoms with Gasteiger partial charge in [0.25, 0.3) is 5.91 Å². The lowest BCUT2D eigenvalue weighted by atomic mass is 9.87. The van der Waals surface area contributed by atoms with Gasteiger partial charge in [0.05, 0.1) is 10.0 Å². The summed E-state index contributed by atoms with van der Waals surface area (Å²) < 4.78 is 0. The molecule has 2 heterocycles. The lowest BCUT2D eigenvalue weighted by Crippen LogP contribution is -2.31. The number of carbonyl (C=O) groups excluding carboxylic acids is 1. The summed E-state index contributed by atoms with van der Waals surface area (Å²) in [6.45, 7) is 8.75. The first-order valence-electron chi connectivity index (χ1n) is 10.8.